The lowest BCUT2D eigenvalue weighted by Crippen LogP contribution is -2.58. The predicted octanol–water partition coefficient (Wildman–Crippen LogP) is 2.03. The van der Waals surface area contributed by atoms with Crippen LogP contribution >= 0.6 is 11.6 Å². The van der Waals surface area contributed by atoms with Crippen LogP contribution in [0, 0.1) is 0 Å². The van der Waals surface area contributed by atoms with Gasteiger partial charge in [0.05, 0.1) is 11.2 Å². The molecule has 88 valence electrons. The summed E-state index contributed by atoms with van der Waals surface area (Å²) < 4.78 is 5.89. The first-order valence-corrected chi connectivity index (χ1v) is 5.83. The van der Waals surface area contributed by atoms with E-state index in [-0.39, 0.29) is 17.1 Å². The molecule has 0 N–H and O–H groups in total. The predicted molar refractivity (Wildman–Crippen MR) is 61.2 cm³/mol. The molecule has 1 heterocycles. The lowest BCUT2D eigenvalue weighted by molar-refractivity contribution is -0.187. The quantitative estimate of drug-likeness (QED) is 0.683. The fourth-order valence-corrected chi connectivity index (χ4v) is 2.36. The van der Waals surface area contributed by atoms with Gasteiger partial charge in [-0.2, -0.15) is 0 Å². The van der Waals surface area contributed by atoms with Crippen molar-refractivity contribution in [3.63, 3.8) is 0 Å². The third kappa shape index (κ3) is 3.65. The van der Waals surface area contributed by atoms with E-state index >= 15 is 0 Å². The molecule has 0 saturated carbocycles. The fourth-order valence-electron chi connectivity index (χ4n) is 2.20. The molecule has 0 spiro atoms. The monoisotopic (exact) mass is 233 g/mol. The van der Waals surface area contributed by atoms with Crippen molar-refractivity contribution in [2.45, 2.75) is 45.3 Å². The largest absolute Gasteiger partial charge is 0.366 e. The zero-order chi connectivity index (χ0) is 11.7. The molecule has 0 aromatic carbocycles. The van der Waals surface area contributed by atoms with Gasteiger partial charge in [-0.05, 0) is 27.7 Å². The van der Waals surface area contributed by atoms with Gasteiger partial charge in [0, 0.05) is 25.4 Å². The van der Waals surface area contributed by atoms with Gasteiger partial charge in [-0.1, -0.05) is 0 Å². The third-order valence-corrected chi connectivity index (χ3v) is 2.55. The number of rotatable bonds is 2. The highest BCUT2D eigenvalue weighted by Gasteiger charge is 2.39. The molecular formula is C11H20ClNO2. The lowest BCUT2D eigenvalue weighted by Gasteiger charge is -2.47. The first-order valence-electron chi connectivity index (χ1n) is 5.30. The van der Waals surface area contributed by atoms with Crippen LogP contribution in [-0.4, -0.2) is 41.0 Å². The summed E-state index contributed by atoms with van der Waals surface area (Å²) in [6.45, 7) is 9.33. The number of ether oxygens (including phenoxy) is 1. The van der Waals surface area contributed by atoms with E-state index in [2.05, 4.69) is 0 Å². The van der Waals surface area contributed by atoms with Crippen LogP contribution in [0.25, 0.3) is 0 Å². The van der Waals surface area contributed by atoms with Crippen molar-refractivity contribution >= 4 is 17.5 Å². The molecule has 1 saturated heterocycles. The Bertz CT molecular complexity index is 235. The molecule has 1 rings (SSSR count). The highest BCUT2D eigenvalue weighted by Crippen LogP contribution is 2.28. The average Bonchev–Trinajstić information content (AvgIpc) is 1.98. The van der Waals surface area contributed by atoms with Crippen molar-refractivity contribution in [2.24, 2.45) is 0 Å². The molecule has 0 unspecified atom stereocenters. The smallest absolute Gasteiger partial charge is 0.223 e. The summed E-state index contributed by atoms with van der Waals surface area (Å²) in [6, 6.07) is 0. The van der Waals surface area contributed by atoms with Crippen molar-refractivity contribution in [3.05, 3.63) is 0 Å². The van der Waals surface area contributed by atoms with E-state index in [9.17, 15) is 4.79 Å². The normalized spacial score (nSPS) is 23.9. The van der Waals surface area contributed by atoms with Gasteiger partial charge in [-0.15, -0.1) is 11.6 Å². The van der Waals surface area contributed by atoms with Crippen LogP contribution in [-0.2, 0) is 9.53 Å². The van der Waals surface area contributed by atoms with Crippen LogP contribution in [0.15, 0.2) is 0 Å². The van der Waals surface area contributed by atoms with Gasteiger partial charge in [-0.25, -0.2) is 0 Å². The molecule has 1 aliphatic heterocycles. The highest BCUT2D eigenvalue weighted by atomic mass is 35.5. The standard InChI is InChI=1S/C11H20ClNO2/c1-10(2)7-13(9(14)5-6-12)8-11(3,4)15-10/h5-8H2,1-4H3. The van der Waals surface area contributed by atoms with E-state index in [0.29, 0.717) is 25.4 Å². The second-order valence-electron chi connectivity index (χ2n) is 5.31. The Hall–Kier alpha value is -0.280. The molecule has 0 aromatic rings. The average molecular weight is 234 g/mol. The molecule has 1 amide bonds. The summed E-state index contributed by atoms with van der Waals surface area (Å²) in [5, 5.41) is 0. The van der Waals surface area contributed by atoms with Crippen LogP contribution in [0.5, 0.6) is 0 Å². The van der Waals surface area contributed by atoms with E-state index < -0.39 is 0 Å². The van der Waals surface area contributed by atoms with E-state index in [1.807, 2.05) is 32.6 Å². The van der Waals surface area contributed by atoms with Crippen LogP contribution in [0.4, 0.5) is 0 Å². The summed E-state index contributed by atoms with van der Waals surface area (Å²) in [6.07, 6.45) is 0.410. The van der Waals surface area contributed by atoms with Gasteiger partial charge in [0.1, 0.15) is 0 Å². The van der Waals surface area contributed by atoms with Crippen molar-refractivity contribution in [1.82, 2.24) is 4.90 Å². The molecule has 15 heavy (non-hydrogen) atoms. The van der Waals surface area contributed by atoms with Crippen molar-refractivity contribution in [3.8, 4) is 0 Å². The number of carbonyl (C=O) groups excluding carboxylic acids is 1. The number of hydrogen-bond donors (Lipinski definition) is 0. The van der Waals surface area contributed by atoms with Crippen LogP contribution in [0.1, 0.15) is 34.1 Å². The second kappa shape index (κ2) is 4.30. The maximum atomic E-state index is 11.8. The number of hydrogen-bond acceptors (Lipinski definition) is 2. The van der Waals surface area contributed by atoms with Gasteiger partial charge in [0.2, 0.25) is 5.91 Å². The van der Waals surface area contributed by atoms with Crippen LogP contribution in [0.3, 0.4) is 0 Å². The summed E-state index contributed by atoms with van der Waals surface area (Å²) >= 11 is 5.58. The minimum atomic E-state index is -0.274. The summed E-state index contributed by atoms with van der Waals surface area (Å²) in [5.41, 5.74) is -0.548. The van der Waals surface area contributed by atoms with E-state index in [1.165, 1.54) is 0 Å². The minimum absolute atomic E-state index is 0.120. The van der Waals surface area contributed by atoms with Gasteiger partial charge >= 0.3 is 0 Å². The SMILES string of the molecule is CC1(C)CN(C(=O)CCCl)CC(C)(C)O1. The Morgan fingerprint density at radius 2 is 1.73 bits per heavy atom. The fraction of sp³-hybridized carbons (Fsp3) is 0.909. The Balaban J connectivity index is 2.71. The van der Waals surface area contributed by atoms with Gasteiger partial charge in [0.15, 0.2) is 0 Å². The van der Waals surface area contributed by atoms with Crippen molar-refractivity contribution < 1.29 is 9.53 Å². The molecular weight excluding hydrogens is 214 g/mol. The molecule has 1 aliphatic rings. The zero-order valence-electron chi connectivity index (χ0n) is 9.97. The molecule has 0 radical (unpaired) electrons. The Kier molecular flexibility index (Phi) is 3.67. The Labute approximate surface area is 96.7 Å². The summed E-state index contributed by atoms with van der Waals surface area (Å²) in [5.74, 6) is 0.506. The minimum Gasteiger partial charge on any atom is -0.366 e. The maximum Gasteiger partial charge on any atom is 0.223 e. The van der Waals surface area contributed by atoms with E-state index in [1.54, 1.807) is 0 Å². The van der Waals surface area contributed by atoms with Crippen molar-refractivity contribution in [1.29, 1.82) is 0 Å². The molecule has 3 nitrogen and oxygen atoms in total. The Morgan fingerprint density at radius 3 is 2.13 bits per heavy atom. The molecule has 1 fully saturated rings. The third-order valence-electron chi connectivity index (χ3n) is 2.36. The number of morpholine rings is 1. The van der Waals surface area contributed by atoms with Crippen LogP contribution in [0.2, 0.25) is 0 Å². The number of alkyl halides is 1. The topological polar surface area (TPSA) is 29.5 Å². The molecule has 0 bridgehead atoms. The summed E-state index contributed by atoms with van der Waals surface area (Å²) in [4.78, 5) is 13.6. The lowest BCUT2D eigenvalue weighted by atomic mass is 9.99. The first kappa shape index (κ1) is 12.8. The summed E-state index contributed by atoms with van der Waals surface area (Å²) in [7, 11) is 0. The van der Waals surface area contributed by atoms with Gasteiger partial charge in [-0.3, -0.25) is 4.79 Å². The van der Waals surface area contributed by atoms with E-state index in [0.717, 1.165) is 0 Å². The zero-order valence-corrected chi connectivity index (χ0v) is 10.7. The maximum absolute atomic E-state index is 11.8. The number of carbonyl (C=O) groups is 1. The van der Waals surface area contributed by atoms with Crippen molar-refractivity contribution in [2.75, 3.05) is 19.0 Å². The van der Waals surface area contributed by atoms with Gasteiger partial charge < -0.3 is 9.64 Å². The number of nitrogens with zero attached hydrogens (tertiary/aromatic N) is 1. The van der Waals surface area contributed by atoms with Crippen LogP contribution < -0.4 is 0 Å². The number of halogens is 1. The first-order chi connectivity index (χ1) is 6.76. The molecule has 0 aromatic heterocycles. The second-order valence-corrected chi connectivity index (χ2v) is 5.69. The molecule has 0 aliphatic carbocycles. The Morgan fingerprint density at radius 1 is 1.27 bits per heavy atom. The van der Waals surface area contributed by atoms with E-state index in [4.69, 9.17) is 16.3 Å². The molecule has 0 atom stereocenters. The van der Waals surface area contributed by atoms with Gasteiger partial charge in [0.25, 0.3) is 0 Å². The number of amides is 1. The molecule has 4 heteroatoms. The highest BCUT2D eigenvalue weighted by molar-refractivity contribution is 6.18.